The Kier molecular flexibility index (Phi) is 3.28. The number of carboxylic acids is 1. The second kappa shape index (κ2) is 5.25. The van der Waals surface area contributed by atoms with E-state index in [4.69, 9.17) is 0 Å². The molecular formula is C17H13NO3. The lowest BCUT2D eigenvalue weighted by molar-refractivity contribution is 0.0695. The second-order valence-corrected chi connectivity index (χ2v) is 4.79. The number of aromatic carboxylic acids is 1. The van der Waals surface area contributed by atoms with Crippen molar-refractivity contribution in [3.8, 4) is 0 Å². The maximum Gasteiger partial charge on any atom is 0.336 e. The van der Waals surface area contributed by atoms with E-state index in [0.29, 0.717) is 17.5 Å². The van der Waals surface area contributed by atoms with Gasteiger partial charge in [-0.25, -0.2) is 4.79 Å². The molecule has 0 spiro atoms. The zero-order valence-corrected chi connectivity index (χ0v) is 11.2. The summed E-state index contributed by atoms with van der Waals surface area (Å²) < 4.78 is 1.89. The van der Waals surface area contributed by atoms with Crippen molar-refractivity contribution in [3.05, 3.63) is 82.1 Å². The van der Waals surface area contributed by atoms with Gasteiger partial charge in [0.1, 0.15) is 0 Å². The number of fused-ring (bicyclic) bond motifs is 1. The minimum atomic E-state index is -0.948. The second-order valence-electron chi connectivity index (χ2n) is 4.79. The molecule has 1 heterocycles. The average molecular weight is 279 g/mol. The molecule has 21 heavy (non-hydrogen) atoms. The van der Waals surface area contributed by atoms with E-state index in [0.717, 1.165) is 5.52 Å². The summed E-state index contributed by atoms with van der Waals surface area (Å²) in [7, 11) is 0. The van der Waals surface area contributed by atoms with Gasteiger partial charge in [-0.3, -0.25) is 4.79 Å². The van der Waals surface area contributed by atoms with Crippen molar-refractivity contribution < 1.29 is 9.90 Å². The molecule has 0 bridgehead atoms. The zero-order valence-electron chi connectivity index (χ0n) is 11.2. The molecule has 0 aliphatic heterocycles. The van der Waals surface area contributed by atoms with Crippen LogP contribution in [-0.4, -0.2) is 15.6 Å². The van der Waals surface area contributed by atoms with E-state index >= 15 is 0 Å². The molecule has 0 aliphatic carbocycles. The van der Waals surface area contributed by atoms with Gasteiger partial charge in [0.2, 0.25) is 0 Å². The summed E-state index contributed by atoms with van der Waals surface area (Å²) in [5, 5.41) is 9.87. The van der Waals surface area contributed by atoms with E-state index in [9.17, 15) is 14.7 Å². The molecule has 0 fully saturated rings. The van der Waals surface area contributed by atoms with Crippen LogP contribution in [0.4, 0.5) is 0 Å². The maximum absolute atomic E-state index is 11.9. The summed E-state index contributed by atoms with van der Waals surface area (Å²) in [6, 6.07) is 15.7. The van der Waals surface area contributed by atoms with Crippen LogP contribution in [-0.2, 0) is 6.54 Å². The SMILES string of the molecule is O=C(O)c1ccccc1Cn1ccc(=O)c2ccccc21. The minimum absolute atomic E-state index is 0.0339. The van der Waals surface area contributed by atoms with Crippen LogP contribution < -0.4 is 5.43 Å². The summed E-state index contributed by atoms with van der Waals surface area (Å²) in [6.45, 7) is 0.406. The summed E-state index contributed by atoms with van der Waals surface area (Å²) in [5.41, 5.74) is 1.75. The van der Waals surface area contributed by atoms with Crippen LogP contribution in [0.5, 0.6) is 0 Å². The molecule has 0 saturated heterocycles. The number of hydrogen-bond donors (Lipinski definition) is 1. The van der Waals surface area contributed by atoms with Gasteiger partial charge in [-0.15, -0.1) is 0 Å². The predicted molar refractivity (Wildman–Crippen MR) is 80.7 cm³/mol. The van der Waals surface area contributed by atoms with Gasteiger partial charge in [0, 0.05) is 24.2 Å². The van der Waals surface area contributed by atoms with Crippen molar-refractivity contribution in [2.24, 2.45) is 0 Å². The Morgan fingerprint density at radius 3 is 2.52 bits per heavy atom. The molecule has 104 valence electrons. The van der Waals surface area contributed by atoms with Gasteiger partial charge >= 0.3 is 5.97 Å². The number of carbonyl (C=O) groups is 1. The molecule has 0 radical (unpaired) electrons. The lowest BCUT2D eigenvalue weighted by atomic mass is 10.1. The van der Waals surface area contributed by atoms with Crippen LogP contribution in [0.3, 0.4) is 0 Å². The molecule has 2 aromatic carbocycles. The first-order chi connectivity index (χ1) is 10.2. The number of nitrogens with zero attached hydrogens (tertiary/aromatic N) is 1. The first-order valence-electron chi connectivity index (χ1n) is 6.56. The van der Waals surface area contributed by atoms with Crippen LogP contribution in [0.2, 0.25) is 0 Å². The Morgan fingerprint density at radius 1 is 1.00 bits per heavy atom. The largest absolute Gasteiger partial charge is 0.478 e. The summed E-state index contributed by atoms with van der Waals surface area (Å²) in [4.78, 5) is 23.1. The maximum atomic E-state index is 11.9. The minimum Gasteiger partial charge on any atom is -0.478 e. The van der Waals surface area contributed by atoms with Gasteiger partial charge < -0.3 is 9.67 Å². The lowest BCUT2D eigenvalue weighted by Crippen LogP contribution is -2.11. The van der Waals surface area contributed by atoms with E-state index in [1.165, 1.54) is 6.07 Å². The molecule has 4 nitrogen and oxygen atoms in total. The fraction of sp³-hybridized carbons (Fsp3) is 0.0588. The highest BCUT2D eigenvalue weighted by Crippen LogP contribution is 2.15. The highest BCUT2D eigenvalue weighted by atomic mass is 16.4. The molecule has 0 saturated carbocycles. The Hall–Kier alpha value is -2.88. The molecule has 3 rings (SSSR count). The van der Waals surface area contributed by atoms with E-state index in [1.54, 1.807) is 30.5 Å². The smallest absolute Gasteiger partial charge is 0.336 e. The van der Waals surface area contributed by atoms with Gasteiger partial charge in [-0.2, -0.15) is 0 Å². The Morgan fingerprint density at radius 2 is 1.71 bits per heavy atom. The first-order valence-corrected chi connectivity index (χ1v) is 6.56. The number of carboxylic acid groups (broad SMARTS) is 1. The molecule has 0 aliphatic rings. The molecular weight excluding hydrogens is 266 g/mol. The number of para-hydroxylation sites is 1. The van der Waals surface area contributed by atoms with Crippen LogP contribution in [0.15, 0.2) is 65.6 Å². The molecule has 1 aromatic heterocycles. The molecule has 0 atom stereocenters. The van der Waals surface area contributed by atoms with Crippen molar-refractivity contribution in [2.45, 2.75) is 6.54 Å². The van der Waals surface area contributed by atoms with E-state index in [2.05, 4.69) is 0 Å². The average Bonchev–Trinajstić information content (AvgIpc) is 2.51. The quantitative estimate of drug-likeness (QED) is 0.802. The Bertz CT molecular complexity index is 880. The molecule has 4 heteroatoms. The van der Waals surface area contributed by atoms with Gasteiger partial charge in [0.25, 0.3) is 0 Å². The topological polar surface area (TPSA) is 59.3 Å². The van der Waals surface area contributed by atoms with Crippen LogP contribution >= 0.6 is 0 Å². The third-order valence-corrected chi connectivity index (χ3v) is 3.47. The van der Waals surface area contributed by atoms with Gasteiger partial charge in [0.15, 0.2) is 5.43 Å². The summed E-state index contributed by atoms with van der Waals surface area (Å²) in [6.07, 6.45) is 1.70. The van der Waals surface area contributed by atoms with Crippen molar-refractivity contribution >= 4 is 16.9 Å². The van der Waals surface area contributed by atoms with Crippen LogP contribution in [0, 0.1) is 0 Å². The van der Waals surface area contributed by atoms with Crippen LogP contribution in [0.25, 0.3) is 10.9 Å². The first kappa shape index (κ1) is 13.1. The molecule has 1 N–H and O–H groups in total. The highest BCUT2D eigenvalue weighted by Gasteiger charge is 2.10. The van der Waals surface area contributed by atoms with Gasteiger partial charge in [0.05, 0.1) is 11.1 Å². The zero-order chi connectivity index (χ0) is 14.8. The predicted octanol–water partition coefficient (Wildman–Crippen LogP) is 2.75. The third kappa shape index (κ3) is 2.43. The fourth-order valence-corrected chi connectivity index (χ4v) is 2.45. The number of rotatable bonds is 3. The van der Waals surface area contributed by atoms with Gasteiger partial charge in [-0.1, -0.05) is 30.3 Å². The monoisotopic (exact) mass is 279 g/mol. The third-order valence-electron chi connectivity index (χ3n) is 3.47. The fourth-order valence-electron chi connectivity index (χ4n) is 2.45. The van der Waals surface area contributed by atoms with Gasteiger partial charge in [-0.05, 0) is 23.8 Å². The van der Waals surface area contributed by atoms with E-state index in [-0.39, 0.29) is 11.0 Å². The Labute approximate surface area is 120 Å². The summed E-state index contributed by atoms with van der Waals surface area (Å²) in [5.74, 6) is -0.948. The summed E-state index contributed by atoms with van der Waals surface area (Å²) >= 11 is 0. The number of pyridine rings is 1. The van der Waals surface area contributed by atoms with Crippen molar-refractivity contribution in [1.82, 2.24) is 4.57 Å². The van der Waals surface area contributed by atoms with Crippen LogP contribution in [0.1, 0.15) is 15.9 Å². The number of benzene rings is 2. The molecule has 0 unspecified atom stereocenters. The van der Waals surface area contributed by atoms with Crippen molar-refractivity contribution in [3.63, 3.8) is 0 Å². The van der Waals surface area contributed by atoms with E-state index in [1.807, 2.05) is 28.8 Å². The number of hydrogen-bond acceptors (Lipinski definition) is 2. The van der Waals surface area contributed by atoms with E-state index < -0.39 is 5.97 Å². The normalized spacial score (nSPS) is 10.7. The number of aromatic nitrogens is 1. The Balaban J connectivity index is 2.14. The highest BCUT2D eigenvalue weighted by molar-refractivity contribution is 5.89. The van der Waals surface area contributed by atoms with Crippen molar-refractivity contribution in [2.75, 3.05) is 0 Å². The lowest BCUT2D eigenvalue weighted by Gasteiger charge is -2.12. The molecule has 0 amide bonds. The van der Waals surface area contributed by atoms with Crippen molar-refractivity contribution in [1.29, 1.82) is 0 Å². The standard InChI is InChI=1S/C17H13NO3/c19-16-9-10-18(15-8-4-3-7-14(15)16)11-12-5-1-2-6-13(12)17(20)21/h1-10H,11H2,(H,20,21). The molecule has 3 aromatic rings.